The van der Waals surface area contributed by atoms with Gasteiger partial charge >= 0.3 is 0 Å². The van der Waals surface area contributed by atoms with Crippen molar-refractivity contribution in [3.63, 3.8) is 0 Å². The number of fused-ring (bicyclic) bond motifs is 1. The molecule has 0 radical (unpaired) electrons. The fraction of sp³-hybridized carbons (Fsp3) is 0.111. The van der Waals surface area contributed by atoms with E-state index in [1.807, 2.05) is 11.3 Å². The summed E-state index contributed by atoms with van der Waals surface area (Å²) in [5, 5.41) is 18.8. The first-order valence-electron chi connectivity index (χ1n) is 7.45. The van der Waals surface area contributed by atoms with Gasteiger partial charge in [-0.1, -0.05) is 18.2 Å². The zero-order chi connectivity index (χ0) is 16.4. The Labute approximate surface area is 147 Å². The third-order valence-electron chi connectivity index (χ3n) is 3.53. The SMILES string of the molecule is Oc1ccc(-c2nnc(CSCc3cc4ccccc4s3)o2)cc1. The maximum atomic E-state index is 9.32. The van der Waals surface area contributed by atoms with E-state index in [9.17, 15) is 5.11 Å². The van der Waals surface area contributed by atoms with E-state index >= 15 is 0 Å². The van der Waals surface area contributed by atoms with E-state index in [1.54, 1.807) is 36.0 Å². The Morgan fingerprint density at radius 1 is 1.00 bits per heavy atom. The van der Waals surface area contributed by atoms with Crippen LogP contribution in [0.5, 0.6) is 5.75 Å². The van der Waals surface area contributed by atoms with E-state index in [-0.39, 0.29) is 5.75 Å². The summed E-state index contributed by atoms with van der Waals surface area (Å²) < 4.78 is 7.01. The minimum Gasteiger partial charge on any atom is -0.508 e. The Morgan fingerprint density at radius 3 is 2.67 bits per heavy atom. The Bertz CT molecular complexity index is 927. The fourth-order valence-electron chi connectivity index (χ4n) is 2.38. The minimum atomic E-state index is 0.220. The van der Waals surface area contributed by atoms with Crippen molar-refractivity contribution in [2.24, 2.45) is 0 Å². The normalized spacial score (nSPS) is 11.2. The van der Waals surface area contributed by atoms with Crippen LogP contribution in [0.3, 0.4) is 0 Å². The lowest BCUT2D eigenvalue weighted by atomic mass is 10.2. The van der Waals surface area contributed by atoms with Crippen molar-refractivity contribution in [3.8, 4) is 17.2 Å². The highest BCUT2D eigenvalue weighted by atomic mass is 32.2. The Balaban J connectivity index is 1.38. The number of aromatic hydroxyl groups is 1. The Kier molecular flexibility index (Phi) is 4.23. The highest BCUT2D eigenvalue weighted by Crippen LogP contribution is 2.29. The van der Waals surface area contributed by atoms with Gasteiger partial charge in [-0.15, -0.1) is 33.3 Å². The molecule has 4 rings (SSSR count). The van der Waals surface area contributed by atoms with Gasteiger partial charge in [0.25, 0.3) is 0 Å². The molecule has 0 aliphatic carbocycles. The molecule has 0 spiro atoms. The van der Waals surface area contributed by atoms with Crippen LogP contribution < -0.4 is 0 Å². The predicted molar refractivity (Wildman–Crippen MR) is 98.2 cm³/mol. The van der Waals surface area contributed by atoms with Crippen molar-refractivity contribution in [3.05, 3.63) is 65.4 Å². The zero-order valence-corrected chi connectivity index (χ0v) is 14.3. The average Bonchev–Trinajstić information content (AvgIpc) is 3.22. The molecule has 2 aromatic heterocycles. The number of rotatable bonds is 5. The molecule has 24 heavy (non-hydrogen) atoms. The summed E-state index contributed by atoms with van der Waals surface area (Å²) in [6.45, 7) is 0. The second-order valence-corrected chi connectivity index (χ2v) is 7.45. The molecule has 2 aromatic carbocycles. The van der Waals surface area contributed by atoms with Crippen LogP contribution in [0, 0.1) is 0 Å². The maximum absolute atomic E-state index is 9.32. The second kappa shape index (κ2) is 6.67. The number of phenols is 1. The lowest BCUT2D eigenvalue weighted by Crippen LogP contribution is -1.81. The minimum absolute atomic E-state index is 0.220. The standard InChI is InChI=1S/C18H14N2O2S2/c21-14-7-5-12(6-8-14)18-20-19-17(22-18)11-23-10-15-9-13-3-1-2-4-16(13)24-15/h1-9,21H,10-11H2. The van der Waals surface area contributed by atoms with Gasteiger partial charge in [0.15, 0.2) is 0 Å². The number of phenolic OH excluding ortho intramolecular Hbond substituents is 1. The van der Waals surface area contributed by atoms with Crippen molar-refractivity contribution in [1.82, 2.24) is 10.2 Å². The van der Waals surface area contributed by atoms with Gasteiger partial charge in [0.2, 0.25) is 11.8 Å². The van der Waals surface area contributed by atoms with Gasteiger partial charge in [0.1, 0.15) is 5.75 Å². The highest BCUT2D eigenvalue weighted by Gasteiger charge is 2.09. The first kappa shape index (κ1) is 15.2. The number of aromatic nitrogens is 2. The monoisotopic (exact) mass is 354 g/mol. The van der Waals surface area contributed by atoms with Crippen LogP contribution in [-0.2, 0) is 11.5 Å². The molecule has 4 aromatic rings. The summed E-state index contributed by atoms with van der Waals surface area (Å²) in [5.74, 6) is 2.92. The quantitative estimate of drug-likeness (QED) is 0.541. The highest BCUT2D eigenvalue weighted by molar-refractivity contribution is 7.97. The molecule has 6 heteroatoms. The predicted octanol–water partition coefficient (Wildman–Crippen LogP) is 5.09. The van der Waals surface area contributed by atoms with Gasteiger partial charge in [-0.3, -0.25) is 0 Å². The van der Waals surface area contributed by atoms with E-state index in [1.165, 1.54) is 15.0 Å². The van der Waals surface area contributed by atoms with E-state index in [2.05, 4.69) is 40.5 Å². The molecule has 1 N–H and O–H groups in total. The average molecular weight is 354 g/mol. The number of hydrogen-bond acceptors (Lipinski definition) is 6. The fourth-order valence-corrected chi connectivity index (χ4v) is 4.40. The van der Waals surface area contributed by atoms with Crippen LogP contribution in [0.25, 0.3) is 21.5 Å². The third kappa shape index (κ3) is 3.29. The number of thioether (sulfide) groups is 1. The lowest BCUT2D eigenvalue weighted by molar-refractivity contribution is 0.475. The van der Waals surface area contributed by atoms with Gasteiger partial charge in [-0.05, 0) is 41.8 Å². The summed E-state index contributed by atoms with van der Waals surface area (Å²) in [7, 11) is 0. The number of benzene rings is 2. The summed E-state index contributed by atoms with van der Waals surface area (Å²) in [5.41, 5.74) is 0.807. The van der Waals surface area contributed by atoms with Crippen LogP contribution in [0.2, 0.25) is 0 Å². The number of thiophene rings is 1. The second-order valence-electron chi connectivity index (χ2n) is 5.29. The molecule has 120 valence electrons. The number of nitrogens with zero attached hydrogens (tertiary/aromatic N) is 2. The van der Waals surface area contributed by atoms with Crippen LogP contribution in [-0.4, -0.2) is 15.3 Å². The molecule has 0 bridgehead atoms. The van der Waals surface area contributed by atoms with E-state index < -0.39 is 0 Å². The summed E-state index contributed by atoms with van der Waals surface area (Å²) in [6, 6.07) is 17.4. The van der Waals surface area contributed by atoms with Gasteiger partial charge < -0.3 is 9.52 Å². The van der Waals surface area contributed by atoms with E-state index in [0.29, 0.717) is 17.5 Å². The number of hydrogen-bond donors (Lipinski definition) is 1. The van der Waals surface area contributed by atoms with Gasteiger partial charge in [-0.2, -0.15) is 0 Å². The lowest BCUT2D eigenvalue weighted by Gasteiger charge is -1.96. The molecule has 0 fully saturated rings. The Hall–Kier alpha value is -2.31. The van der Waals surface area contributed by atoms with Gasteiger partial charge in [-0.25, -0.2) is 0 Å². The maximum Gasteiger partial charge on any atom is 0.247 e. The summed E-state index contributed by atoms with van der Waals surface area (Å²) >= 11 is 3.58. The molecule has 0 saturated heterocycles. The first-order chi connectivity index (χ1) is 11.8. The summed E-state index contributed by atoms with van der Waals surface area (Å²) in [4.78, 5) is 1.35. The van der Waals surface area contributed by atoms with Gasteiger partial charge in [0, 0.05) is 20.9 Å². The van der Waals surface area contributed by atoms with E-state index in [0.717, 1.165) is 11.3 Å². The van der Waals surface area contributed by atoms with Crippen LogP contribution in [0.15, 0.2) is 59.0 Å². The largest absolute Gasteiger partial charge is 0.508 e. The van der Waals surface area contributed by atoms with Crippen LogP contribution in [0.4, 0.5) is 0 Å². The summed E-state index contributed by atoms with van der Waals surface area (Å²) in [6.07, 6.45) is 0. The molecule has 0 amide bonds. The molecule has 2 heterocycles. The first-order valence-corrected chi connectivity index (χ1v) is 9.42. The smallest absolute Gasteiger partial charge is 0.247 e. The Morgan fingerprint density at radius 2 is 1.83 bits per heavy atom. The van der Waals surface area contributed by atoms with Crippen molar-refractivity contribution in [1.29, 1.82) is 0 Å². The molecule has 0 unspecified atom stereocenters. The van der Waals surface area contributed by atoms with Crippen molar-refractivity contribution >= 4 is 33.2 Å². The molecule has 0 aliphatic heterocycles. The van der Waals surface area contributed by atoms with Crippen molar-refractivity contribution in [2.75, 3.05) is 0 Å². The molecule has 0 atom stereocenters. The molecular weight excluding hydrogens is 340 g/mol. The van der Waals surface area contributed by atoms with Gasteiger partial charge in [0.05, 0.1) is 5.75 Å². The van der Waals surface area contributed by atoms with E-state index in [4.69, 9.17) is 4.42 Å². The molecule has 4 nitrogen and oxygen atoms in total. The zero-order valence-electron chi connectivity index (χ0n) is 12.7. The van der Waals surface area contributed by atoms with Crippen LogP contribution in [0.1, 0.15) is 10.8 Å². The molecule has 0 saturated carbocycles. The topological polar surface area (TPSA) is 59.2 Å². The van der Waals surface area contributed by atoms with Crippen LogP contribution >= 0.6 is 23.1 Å². The van der Waals surface area contributed by atoms with Crippen molar-refractivity contribution in [2.45, 2.75) is 11.5 Å². The molecule has 0 aliphatic rings. The molecular formula is C18H14N2O2S2. The van der Waals surface area contributed by atoms with Crippen molar-refractivity contribution < 1.29 is 9.52 Å². The third-order valence-corrected chi connectivity index (χ3v) is 5.79.